The Morgan fingerprint density at radius 2 is 2.50 bits per heavy atom. The average Bonchev–Trinajstić information content (AvgIpc) is 2.87. The predicted molar refractivity (Wildman–Crippen MR) is 58.3 cm³/mol. The van der Waals surface area contributed by atoms with E-state index in [4.69, 9.17) is 5.73 Å². The van der Waals surface area contributed by atoms with Crippen molar-refractivity contribution in [2.24, 2.45) is 11.7 Å². The summed E-state index contributed by atoms with van der Waals surface area (Å²) in [5.41, 5.74) is 6.27. The van der Waals surface area contributed by atoms with Gasteiger partial charge in [0.15, 0.2) is 0 Å². The van der Waals surface area contributed by atoms with Gasteiger partial charge in [-0.25, -0.2) is 0 Å². The highest BCUT2D eigenvalue weighted by molar-refractivity contribution is 5.73. The number of aromatic nitrogens is 3. The molecule has 6 heteroatoms. The molecule has 0 bridgehead atoms. The van der Waals surface area contributed by atoms with E-state index in [9.17, 15) is 4.79 Å². The number of carbonyl (C=O) groups excluding carboxylic acids is 1. The molecule has 0 aromatic carbocycles. The molecule has 1 aromatic rings. The first-order valence-electron chi connectivity index (χ1n) is 5.53. The minimum atomic E-state index is 0.156. The molecule has 1 aromatic heterocycles. The first kappa shape index (κ1) is 11.1. The summed E-state index contributed by atoms with van der Waals surface area (Å²) >= 11 is 0. The van der Waals surface area contributed by atoms with Gasteiger partial charge in [-0.1, -0.05) is 5.21 Å². The minimum Gasteiger partial charge on any atom is -0.343 e. The smallest absolute Gasteiger partial charge is 0.219 e. The molecule has 0 radical (unpaired) electrons. The highest BCUT2D eigenvalue weighted by Gasteiger charge is 2.24. The zero-order valence-corrected chi connectivity index (χ0v) is 9.46. The summed E-state index contributed by atoms with van der Waals surface area (Å²) in [7, 11) is 0. The third-order valence-corrected chi connectivity index (χ3v) is 2.97. The number of rotatable bonds is 3. The van der Waals surface area contributed by atoms with Gasteiger partial charge in [-0.05, 0) is 12.3 Å². The van der Waals surface area contributed by atoms with Gasteiger partial charge in [0.2, 0.25) is 5.91 Å². The second kappa shape index (κ2) is 4.61. The molecule has 1 aliphatic rings. The van der Waals surface area contributed by atoms with E-state index < -0.39 is 0 Å². The molecule has 1 unspecified atom stereocenters. The fourth-order valence-corrected chi connectivity index (χ4v) is 2.05. The largest absolute Gasteiger partial charge is 0.343 e. The Labute approximate surface area is 94.4 Å². The summed E-state index contributed by atoms with van der Waals surface area (Å²) in [6, 6.07) is 0. The van der Waals surface area contributed by atoms with Crippen molar-refractivity contribution < 1.29 is 4.79 Å². The molecular formula is C10H17N5O. The monoisotopic (exact) mass is 223 g/mol. The molecule has 0 saturated carbocycles. The van der Waals surface area contributed by atoms with Crippen LogP contribution < -0.4 is 5.73 Å². The predicted octanol–water partition coefficient (Wildman–Crippen LogP) is -0.395. The molecule has 0 aliphatic carbocycles. The second-order valence-corrected chi connectivity index (χ2v) is 4.26. The number of hydrogen-bond acceptors (Lipinski definition) is 4. The van der Waals surface area contributed by atoms with Gasteiger partial charge in [0, 0.05) is 39.3 Å². The van der Waals surface area contributed by atoms with Crippen molar-refractivity contribution in [2.45, 2.75) is 26.4 Å². The molecule has 2 heterocycles. The van der Waals surface area contributed by atoms with Gasteiger partial charge in [0.05, 0.1) is 5.69 Å². The maximum Gasteiger partial charge on any atom is 0.219 e. The third-order valence-electron chi connectivity index (χ3n) is 2.97. The van der Waals surface area contributed by atoms with Gasteiger partial charge in [0.25, 0.3) is 0 Å². The highest BCUT2D eigenvalue weighted by Crippen LogP contribution is 2.17. The number of amides is 1. The average molecular weight is 223 g/mol. The Bertz CT molecular complexity index is 375. The molecule has 16 heavy (non-hydrogen) atoms. The van der Waals surface area contributed by atoms with Crippen molar-refractivity contribution in [3.05, 3.63) is 11.9 Å². The van der Waals surface area contributed by atoms with Crippen molar-refractivity contribution in [2.75, 3.05) is 13.1 Å². The Morgan fingerprint density at radius 3 is 3.06 bits per heavy atom. The van der Waals surface area contributed by atoms with E-state index in [0.29, 0.717) is 12.5 Å². The fraction of sp³-hybridized carbons (Fsp3) is 0.700. The van der Waals surface area contributed by atoms with E-state index in [-0.39, 0.29) is 5.91 Å². The lowest BCUT2D eigenvalue weighted by molar-refractivity contribution is -0.127. The van der Waals surface area contributed by atoms with Crippen LogP contribution in [0.2, 0.25) is 0 Å². The highest BCUT2D eigenvalue weighted by atomic mass is 16.2. The lowest BCUT2D eigenvalue weighted by Crippen LogP contribution is -2.26. The molecule has 0 spiro atoms. The zero-order valence-electron chi connectivity index (χ0n) is 9.46. The van der Waals surface area contributed by atoms with Gasteiger partial charge in [-0.3, -0.25) is 9.48 Å². The molecule has 2 N–H and O–H groups in total. The van der Waals surface area contributed by atoms with Gasteiger partial charge in [0.1, 0.15) is 0 Å². The van der Waals surface area contributed by atoms with Crippen LogP contribution >= 0.6 is 0 Å². The number of hydrogen-bond donors (Lipinski definition) is 1. The number of nitrogens with zero attached hydrogens (tertiary/aromatic N) is 4. The summed E-state index contributed by atoms with van der Waals surface area (Å²) in [6.45, 7) is 4.54. The quantitative estimate of drug-likeness (QED) is 0.756. The van der Waals surface area contributed by atoms with Crippen molar-refractivity contribution in [1.29, 1.82) is 0 Å². The second-order valence-electron chi connectivity index (χ2n) is 4.26. The van der Waals surface area contributed by atoms with Crippen LogP contribution in [0.25, 0.3) is 0 Å². The Kier molecular flexibility index (Phi) is 3.19. The number of carbonyl (C=O) groups is 1. The van der Waals surface area contributed by atoms with Crippen LogP contribution in [0, 0.1) is 5.92 Å². The molecule has 2 rings (SSSR count). The molecular weight excluding hydrogens is 206 g/mol. The van der Waals surface area contributed by atoms with Gasteiger partial charge >= 0.3 is 0 Å². The minimum absolute atomic E-state index is 0.156. The van der Waals surface area contributed by atoms with Crippen molar-refractivity contribution in [3.63, 3.8) is 0 Å². The zero-order chi connectivity index (χ0) is 11.5. The maximum absolute atomic E-state index is 11.2. The van der Waals surface area contributed by atoms with Crippen LogP contribution in [0.5, 0.6) is 0 Å². The summed E-state index contributed by atoms with van der Waals surface area (Å²) in [5.74, 6) is 0.639. The van der Waals surface area contributed by atoms with Crippen LogP contribution in [-0.2, 0) is 17.9 Å². The molecule has 1 atom stereocenters. The SMILES string of the molecule is CC(=O)N1CCC(Cn2cc(CN)nn2)C1. The van der Waals surface area contributed by atoms with E-state index in [1.54, 1.807) is 6.92 Å². The molecule has 1 fully saturated rings. The Morgan fingerprint density at radius 1 is 1.69 bits per heavy atom. The number of likely N-dealkylation sites (tertiary alicyclic amines) is 1. The molecule has 1 saturated heterocycles. The van der Waals surface area contributed by atoms with Crippen molar-refractivity contribution in [1.82, 2.24) is 19.9 Å². The van der Waals surface area contributed by atoms with E-state index in [0.717, 1.165) is 31.7 Å². The molecule has 88 valence electrons. The van der Waals surface area contributed by atoms with E-state index >= 15 is 0 Å². The van der Waals surface area contributed by atoms with E-state index in [2.05, 4.69) is 10.3 Å². The first-order chi connectivity index (χ1) is 7.69. The van der Waals surface area contributed by atoms with Crippen LogP contribution in [0.3, 0.4) is 0 Å². The van der Waals surface area contributed by atoms with E-state index in [1.165, 1.54) is 0 Å². The van der Waals surface area contributed by atoms with Crippen LogP contribution in [0.1, 0.15) is 19.0 Å². The fourth-order valence-electron chi connectivity index (χ4n) is 2.05. The Balaban J connectivity index is 1.89. The normalized spacial score (nSPS) is 20.4. The van der Waals surface area contributed by atoms with Crippen molar-refractivity contribution >= 4 is 5.91 Å². The van der Waals surface area contributed by atoms with Gasteiger partial charge in [-0.15, -0.1) is 5.10 Å². The molecule has 6 nitrogen and oxygen atoms in total. The summed E-state index contributed by atoms with van der Waals surface area (Å²) in [5, 5.41) is 7.94. The number of nitrogens with two attached hydrogens (primary N) is 1. The van der Waals surface area contributed by atoms with Crippen molar-refractivity contribution in [3.8, 4) is 0 Å². The van der Waals surface area contributed by atoms with Gasteiger partial charge < -0.3 is 10.6 Å². The van der Waals surface area contributed by atoms with E-state index in [1.807, 2.05) is 15.8 Å². The maximum atomic E-state index is 11.2. The van der Waals surface area contributed by atoms with Crippen LogP contribution in [0.4, 0.5) is 0 Å². The molecule has 1 amide bonds. The lowest BCUT2D eigenvalue weighted by atomic mass is 10.1. The lowest BCUT2D eigenvalue weighted by Gasteiger charge is -2.13. The Hall–Kier alpha value is -1.43. The first-order valence-corrected chi connectivity index (χ1v) is 5.53. The summed E-state index contributed by atoms with van der Waals surface area (Å²) < 4.78 is 1.82. The van der Waals surface area contributed by atoms with Gasteiger partial charge in [-0.2, -0.15) is 0 Å². The van der Waals surface area contributed by atoms with Crippen LogP contribution in [-0.4, -0.2) is 38.9 Å². The van der Waals surface area contributed by atoms with Crippen LogP contribution in [0.15, 0.2) is 6.20 Å². The third kappa shape index (κ3) is 2.38. The summed E-state index contributed by atoms with van der Waals surface area (Å²) in [6.07, 6.45) is 2.91. The summed E-state index contributed by atoms with van der Waals surface area (Å²) in [4.78, 5) is 13.0. The topological polar surface area (TPSA) is 77.0 Å². The molecule has 1 aliphatic heterocycles. The standard InChI is InChI=1S/C10H17N5O/c1-8(16)14-3-2-9(5-14)6-15-7-10(4-11)12-13-15/h7,9H,2-6,11H2,1H3.